The normalized spacial score (nSPS) is 11.9. The minimum Gasteiger partial charge on any atom is -0.465 e. The van der Waals surface area contributed by atoms with Gasteiger partial charge in [-0.05, 0) is 54.4 Å². The van der Waals surface area contributed by atoms with Crippen LogP contribution in [0.3, 0.4) is 0 Å². The van der Waals surface area contributed by atoms with Gasteiger partial charge in [0.2, 0.25) is 0 Å². The van der Waals surface area contributed by atoms with Crippen molar-refractivity contribution in [2.24, 2.45) is 0 Å². The number of nitrogens with zero attached hydrogens (tertiary/aromatic N) is 2. The Kier molecular flexibility index (Phi) is 7.44. The molecule has 6 nitrogen and oxygen atoms in total. The zero-order valence-corrected chi connectivity index (χ0v) is 20.1. The Bertz CT molecular complexity index is 1330. The molecule has 0 saturated heterocycles. The SMILES string of the molecule is COC(=O)c1ccc(S(=O)(=O)N(Cc2ccc(C)c(C(F)(F)F)c2)c2ncc(Cl)cc2Cl)cc1. The molecule has 0 bridgehead atoms. The zero-order chi connectivity index (χ0) is 25.3. The number of anilines is 1. The molecule has 0 unspecified atom stereocenters. The van der Waals surface area contributed by atoms with Crippen molar-refractivity contribution in [3.8, 4) is 0 Å². The third-order valence-corrected chi connectivity index (χ3v) is 7.06. The molecular formula is C22H17Cl2F3N2O4S. The van der Waals surface area contributed by atoms with E-state index in [2.05, 4.69) is 9.72 Å². The van der Waals surface area contributed by atoms with Crippen molar-refractivity contribution in [2.45, 2.75) is 24.5 Å². The van der Waals surface area contributed by atoms with Crippen LogP contribution in [0.2, 0.25) is 10.0 Å². The fraction of sp³-hybridized carbons (Fsp3) is 0.182. The van der Waals surface area contributed by atoms with Crippen molar-refractivity contribution in [3.05, 3.63) is 87.0 Å². The third kappa shape index (κ3) is 5.45. The summed E-state index contributed by atoms with van der Waals surface area (Å²) in [5.74, 6) is -0.889. The molecule has 3 aromatic rings. The Balaban J connectivity index is 2.12. The van der Waals surface area contributed by atoms with Crippen LogP contribution in [0.5, 0.6) is 0 Å². The quantitative estimate of drug-likeness (QED) is 0.369. The van der Waals surface area contributed by atoms with Gasteiger partial charge < -0.3 is 4.74 Å². The van der Waals surface area contributed by atoms with Crippen molar-refractivity contribution < 1.29 is 31.1 Å². The first kappa shape index (κ1) is 25.8. The number of halogens is 5. The summed E-state index contributed by atoms with van der Waals surface area (Å²) < 4.78 is 72.7. The van der Waals surface area contributed by atoms with Crippen LogP contribution < -0.4 is 4.31 Å². The maximum Gasteiger partial charge on any atom is 0.416 e. The summed E-state index contributed by atoms with van der Waals surface area (Å²) in [5.41, 5.74) is -0.726. The number of esters is 1. The molecule has 0 spiro atoms. The van der Waals surface area contributed by atoms with Crippen molar-refractivity contribution in [3.63, 3.8) is 0 Å². The summed E-state index contributed by atoms with van der Waals surface area (Å²) >= 11 is 12.1. The average Bonchev–Trinajstić information content (AvgIpc) is 2.77. The number of carbonyl (C=O) groups excluding carboxylic acids is 1. The fourth-order valence-electron chi connectivity index (χ4n) is 3.11. The molecule has 1 aromatic heterocycles. The summed E-state index contributed by atoms with van der Waals surface area (Å²) in [5, 5.41) is 0.0219. The van der Waals surface area contributed by atoms with Crippen molar-refractivity contribution in [1.82, 2.24) is 4.98 Å². The number of hydrogen-bond donors (Lipinski definition) is 0. The molecule has 2 aromatic carbocycles. The van der Waals surface area contributed by atoms with Crippen LogP contribution in [0.1, 0.15) is 27.0 Å². The third-order valence-electron chi connectivity index (χ3n) is 4.82. The highest BCUT2D eigenvalue weighted by Gasteiger charge is 2.34. The van der Waals surface area contributed by atoms with Crippen molar-refractivity contribution >= 4 is 45.0 Å². The van der Waals surface area contributed by atoms with Crippen LogP contribution in [0, 0.1) is 6.92 Å². The lowest BCUT2D eigenvalue weighted by Gasteiger charge is -2.25. The van der Waals surface area contributed by atoms with Gasteiger partial charge in [0, 0.05) is 6.20 Å². The van der Waals surface area contributed by atoms with Crippen LogP contribution in [-0.2, 0) is 27.5 Å². The molecular weight excluding hydrogens is 516 g/mol. The van der Waals surface area contributed by atoms with Gasteiger partial charge in [-0.2, -0.15) is 13.2 Å². The average molecular weight is 533 g/mol. The van der Waals surface area contributed by atoms with E-state index in [9.17, 15) is 26.4 Å². The number of pyridine rings is 1. The predicted octanol–water partition coefficient (Wildman–Crippen LogP) is 5.90. The van der Waals surface area contributed by atoms with Gasteiger partial charge in [-0.15, -0.1) is 0 Å². The number of alkyl halides is 3. The maximum atomic E-state index is 13.5. The van der Waals surface area contributed by atoms with E-state index >= 15 is 0 Å². The second-order valence-electron chi connectivity index (χ2n) is 7.13. The van der Waals surface area contributed by atoms with Gasteiger partial charge in [-0.1, -0.05) is 35.3 Å². The lowest BCUT2D eigenvalue weighted by atomic mass is 10.0. The highest BCUT2D eigenvalue weighted by molar-refractivity contribution is 7.92. The number of aryl methyl sites for hydroxylation is 1. The Hall–Kier alpha value is -2.82. The van der Waals surface area contributed by atoms with Crippen LogP contribution in [0.25, 0.3) is 0 Å². The van der Waals surface area contributed by atoms with Gasteiger partial charge in [0.15, 0.2) is 5.82 Å². The number of hydrogen-bond acceptors (Lipinski definition) is 5. The standard InChI is InChI=1S/C22H17Cl2F3N2O4S/c1-13-3-4-14(9-18(13)22(25,26)27)12-29(20-19(24)10-16(23)11-28-20)34(31,32)17-7-5-15(6-8-17)21(30)33-2/h3-11H,12H2,1-2H3. The predicted molar refractivity (Wildman–Crippen MR) is 122 cm³/mol. The van der Waals surface area contributed by atoms with Gasteiger partial charge in [-0.3, -0.25) is 0 Å². The second kappa shape index (κ2) is 9.81. The van der Waals surface area contributed by atoms with E-state index in [1.165, 1.54) is 62.7 Å². The molecule has 3 rings (SSSR count). The first-order chi connectivity index (χ1) is 15.8. The van der Waals surface area contributed by atoms with Crippen molar-refractivity contribution in [1.29, 1.82) is 0 Å². The molecule has 0 radical (unpaired) electrons. The summed E-state index contributed by atoms with van der Waals surface area (Å²) in [6, 6.07) is 9.64. The maximum absolute atomic E-state index is 13.5. The minimum atomic E-state index is -4.62. The lowest BCUT2D eigenvalue weighted by Crippen LogP contribution is -2.32. The highest BCUT2D eigenvalue weighted by Crippen LogP contribution is 2.35. The molecule has 0 saturated carbocycles. The molecule has 0 aliphatic rings. The number of aromatic nitrogens is 1. The molecule has 0 atom stereocenters. The van der Waals surface area contributed by atoms with E-state index in [4.69, 9.17) is 23.2 Å². The number of sulfonamides is 1. The van der Waals surface area contributed by atoms with Gasteiger partial charge >= 0.3 is 12.1 Å². The Morgan fingerprint density at radius 3 is 2.29 bits per heavy atom. The monoisotopic (exact) mass is 532 g/mol. The summed E-state index contributed by atoms with van der Waals surface area (Å²) in [6.07, 6.45) is -3.45. The minimum absolute atomic E-state index is 0.00768. The van der Waals surface area contributed by atoms with Crippen molar-refractivity contribution in [2.75, 3.05) is 11.4 Å². The van der Waals surface area contributed by atoms with E-state index in [1.54, 1.807) is 0 Å². The Labute approximate surface area is 203 Å². The Morgan fingerprint density at radius 1 is 1.09 bits per heavy atom. The summed E-state index contributed by atoms with van der Waals surface area (Å²) in [4.78, 5) is 15.4. The first-order valence-corrected chi connectivity index (χ1v) is 11.7. The molecule has 180 valence electrons. The van der Waals surface area contributed by atoms with Crippen LogP contribution >= 0.6 is 23.2 Å². The smallest absolute Gasteiger partial charge is 0.416 e. The molecule has 0 aliphatic carbocycles. The van der Waals surface area contributed by atoms with Crippen LogP contribution in [0.15, 0.2) is 59.6 Å². The zero-order valence-electron chi connectivity index (χ0n) is 17.7. The van der Waals surface area contributed by atoms with Gasteiger partial charge in [0.25, 0.3) is 10.0 Å². The number of rotatable bonds is 6. The molecule has 12 heteroatoms. The molecule has 34 heavy (non-hydrogen) atoms. The second-order valence-corrected chi connectivity index (χ2v) is 9.84. The summed E-state index contributed by atoms with van der Waals surface area (Å²) in [6.45, 7) is 0.806. The lowest BCUT2D eigenvalue weighted by molar-refractivity contribution is -0.138. The highest BCUT2D eigenvalue weighted by atomic mass is 35.5. The number of benzene rings is 2. The summed E-state index contributed by atoms with van der Waals surface area (Å²) in [7, 11) is -3.21. The fourth-order valence-corrected chi connectivity index (χ4v) is 5.07. The molecule has 0 fully saturated rings. The molecule has 0 N–H and O–H groups in total. The Morgan fingerprint density at radius 2 is 1.74 bits per heavy atom. The van der Waals surface area contributed by atoms with Gasteiger partial charge in [-0.25, -0.2) is 22.5 Å². The van der Waals surface area contributed by atoms with E-state index in [1.807, 2.05) is 0 Å². The van der Waals surface area contributed by atoms with Crippen LogP contribution in [0.4, 0.5) is 19.0 Å². The first-order valence-electron chi connectivity index (χ1n) is 9.53. The van der Waals surface area contributed by atoms with E-state index in [-0.39, 0.29) is 37.4 Å². The molecule has 0 aliphatic heterocycles. The van der Waals surface area contributed by atoms with Gasteiger partial charge in [0.1, 0.15) is 0 Å². The van der Waals surface area contributed by atoms with Gasteiger partial charge in [0.05, 0.1) is 39.7 Å². The number of carbonyl (C=O) groups is 1. The van der Waals surface area contributed by atoms with E-state index in [0.29, 0.717) is 0 Å². The van der Waals surface area contributed by atoms with E-state index < -0.39 is 34.3 Å². The number of methoxy groups -OCH3 is 1. The largest absolute Gasteiger partial charge is 0.465 e. The molecule has 0 amide bonds. The molecule has 1 heterocycles. The van der Waals surface area contributed by atoms with E-state index in [0.717, 1.165) is 10.4 Å². The topological polar surface area (TPSA) is 76.6 Å². The number of ether oxygens (including phenoxy) is 1. The van der Waals surface area contributed by atoms with Crippen LogP contribution in [-0.4, -0.2) is 26.5 Å².